The van der Waals surface area contributed by atoms with E-state index < -0.39 is 15.6 Å². The minimum Gasteiger partial charge on any atom is -0.741 e. The molecule has 0 bridgehead atoms. The second kappa shape index (κ2) is 10.2. The molecule has 3 nitrogen and oxygen atoms in total. The van der Waals surface area contributed by atoms with E-state index in [9.17, 15) is 13.2 Å². The van der Waals surface area contributed by atoms with Gasteiger partial charge in [0.1, 0.15) is 0 Å². The van der Waals surface area contributed by atoms with Crippen LogP contribution < -0.4 is 0 Å². The van der Waals surface area contributed by atoms with Gasteiger partial charge in [-0.1, -0.05) is 36.4 Å². The van der Waals surface area contributed by atoms with Gasteiger partial charge in [-0.2, -0.15) is 13.2 Å². The van der Waals surface area contributed by atoms with Crippen LogP contribution in [0.3, 0.4) is 0 Å². The lowest BCUT2D eigenvalue weighted by Crippen LogP contribution is -2.21. The van der Waals surface area contributed by atoms with Crippen molar-refractivity contribution in [2.24, 2.45) is 0 Å². The molecule has 0 fully saturated rings. The lowest BCUT2D eigenvalue weighted by Gasteiger charge is -2.08. The van der Waals surface area contributed by atoms with Crippen molar-refractivity contribution in [2.45, 2.75) is 25.1 Å². The van der Waals surface area contributed by atoms with Gasteiger partial charge in [0.05, 0.1) is 10.9 Å². The van der Waals surface area contributed by atoms with Crippen LogP contribution in [-0.4, -0.2) is 24.7 Å². The van der Waals surface area contributed by atoms with Crippen molar-refractivity contribution in [1.82, 2.24) is 0 Å². The van der Waals surface area contributed by atoms with Crippen molar-refractivity contribution in [1.29, 1.82) is 0 Å². The Morgan fingerprint density at radius 3 is 1.41 bits per heavy atom. The van der Waals surface area contributed by atoms with Crippen molar-refractivity contribution in [3.05, 3.63) is 84.9 Å². The lowest BCUT2D eigenvalue weighted by atomic mass is 10.4. The lowest BCUT2D eigenvalue weighted by molar-refractivity contribution is -0.0517. The first kappa shape index (κ1) is 23.3. The van der Waals surface area contributed by atoms with Crippen molar-refractivity contribution >= 4 is 32.8 Å². The second-order valence-corrected chi connectivity index (χ2v) is 9.79. The van der Waals surface area contributed by atoms with Crippen molar-refractivity contribution in [2.75, 3.05) is 6.26 Å². The van der Waals surface area contributed by atoms with E-state index in [1.807, 2.05) is 0 Å². The largest absolute Gasteiger partial charge is 0.741 e. The molecule has 0 atom stereocenters. The molecule has 0 aliphatic heterocycles. The Balaban J connectivity index is 0.000000321. The summed E-state index contributed by atoms with van der Waals surface area (Å²) in [5.74, 6) is 0. The first-order valence-corrected chi connectivity index (χ1v) is 12.0. The number of hydrogen-bond donors (Lipinski definition) is 0. The van der Waals surface area contributed by atoms with E-state index in [4.69, 9.17) is 13.0 Å². The number of hydrogen-bond acceptors (Lipinski definition) is 4. The summed E-state index contributed by atoms with van der Waals surface area (Å²) >= 11 is 1.78. The third-order valence-electron chi connectivity index (χ3n) is 3.54. The molecule has 0 aromatic heterocycles. The molecule has 9 heteroatoms. The topological polar surface area (TPSA) is 57.2 Å². The van der Waals surface area contributed by atoms with Gasteiger partial charge < -0.3 is 4.55 Å². The molecule has 3 aromatic carbocycles. The Morgan fingerprint density at radius 1 is 0.759 bits per heavy atom. The van der Waals surface area contributed by atoms with Crippen LogP contribution in [0.15, 0.2) is 105 Å². The van der Waals surface area contributed by atoms with Crippen molar-refractivity contribution < 1.29 is 26.1 Å². The standard InChI is InChI=1S/C19H17S2.CHF3O3S/c1-20-16-12-14-19(15-13-16)21(17-8-4-2-5-9-17)18-10-6-3-7-11-18;2-1(3,4)8(5,6)7/h2-15H,1H3;(H,5,6,7)/q+1;/p-1. The molecule has 0 unspecified atom stereocenters. The molecule has 0 aliphatic carbocycles. The zero-order valence-electron chi connectivity index (χ0n) is 15.2. The summed E-state index contributed by atoms with van der Waals surface area (Å²) in [5, 5.41) is 0. The highest BCUT2D eigenvalue weighted by Gasteiger charge is 2.37. The number of benzene rings is 3. The molecule has 0 aliphatic rings. The smallest absolute Gasteiger partial charge is 0.485 e. The van der Waals surface area contributed by atoms with Crippen LogP contribution in [0.2, 0.25) is 0 Å². The molecule has 3 aromatic rings. The Hall–Kier alpha value is -1.94. The summed E-state index contributed by atoms with van der Waals surface area (Å²) in [6, 6.07) is 30.5. The normalized spacial score (nSPS) is 11.7. The van der Waals surface area contributed by atoms with Crippen LogP contribution in [0.1, 0.15) is 0 Å². The quantitative estimate of drug-likeness (QED) is 0.222. The van der Waals surface area contributed by atoms with Crippen LogP contribution in [-0.2, 0) is 21.0 Å². The number of halogens is 3. The maximum absolute atomic E-state index is 10.7. The molecule has 0 spiro atoms. The Labute approximate surface area is 175 Å². The maximum atomic E-state index is 10.7. The minimum atomic E-state index is -6.09. The molecule has 3 rings (SSSR count). The molecule has 0 amide bonds. The molecular weight excluding hydrogens is 441 g/mol. The fraction of sp³-hybridized carbons (Fsp3) is 0.100. The van der Waals surface area contributed by atoms with Gasteiger partial charge in [0, 0.05) is 4.90 Å². The van der Waals surface area contributed by atoms with Crippen LogP contribution in [0.4, 0.5) is 13.2 Å². The van der Waals surface area contributed by atoms with Gasteiger partial charge in [0.25, 0.3) is 0 Å². The van der Waals surface area contributed by atoms with Gasteiger partial charge in [0.2, 0.25) is 0 Å². The van der Waals surface area contributed by atoms with Gasteiger partial charge in [-0.05, 0) is 54.8 Å². The molecular formula is C20H17F3O3S3. The first-order chi connectivity index (χ1) is 13.6. The maximum Gasteiger partial charge on any atom is 0.485 e. The van der Waals surface area contributed by atoms with Gasteiger partial charge in [-0.3, -0.25) is 0 Å². The number of rotatable bonds is 4. The van der Waals surface area contributed by atoms with E-state index in [1.165, 1.54) is 19.6 Å². The van der Waals surface area contributed by atoms with Gasteiger partial charge in [0.15, 0.2) is 24.8 Å². The zero-order valence-corrected chi connectivity index (χ0v) is 17.6. The van der Waals surface area contributed by atoms with E-state index in [0.717, 1.165) is 0 Å². The Morgan fingerprint density at radius 2 is 1.10 bits per heavy atom. The average Bonchev–Trinajstić information content (AvgIpc) is 2.69. The Bertz CT molecular complexity index is 952. The van der Waals surface area contributed by atoms with Crippen molar-refractivity contribution in [3.63, 3.8) is 0 Å². The van der Waals surface area contributed by atoms with E-state index in [0.29, 0.717) is 0 Å². The monoisotopic (exact) mass is 458 g/mol. The third kappa shape index (κ3) is 6.81. The number of thioether (sulfide) groups is 1. The molecule has 0 N–H and O–H groups in total. The van der Waals surface area contributed by atoms with Crippen LogP contribution in [0.25, 0.3) is 0 Å². The van der Waals surface area contributed by atoms with Gasteiger partial charge >= 0.3 is 5.51 Å². The summed E-state index contributed by atoms with van der Waals surface area (Å²) in [4.78, 5) is 5.40. The fourth-order valence-corrected chi connectivity index (χ4v) is 4.72. The molecule has 29 heavy (non-hydrogen) atoms. The fourth-order valence-electron chi connectivity index (χ4n) is 2.23. The first-order valence-electron chi connectivity index (χ1n) is 8.14. The van der Waals surface area contributed by atoms with Crippen LogP contribution in [0.5, 0.6) is 0 Å². The number of alkyl halides is 3. The van der Waals surface area contributed by atoms with Gasteiger partial charge in [-0.25, -0.2) is 8.42 Å². The highest BCUT2D eigenvalue weighted by molar-refractivity contribution is 7.98. The van der Waals surface area contributed by atoms with Crippen LogP contribution >= 0.6 is 11.8 Å². The average molecular weight is 459 g/mol. The SMILES string of the molecule is CSc1ccc([S+](c2ccccc2)c2ccccc2)cc1.O=S(=O)([O-])C(F)(F)F. The molecule has 0 saturated heterocycles. The molecule has 154 valence electrons. The van der Waals surface area contributed by atoms with Crippen molar-refractivity contribution in [3.8, 4) is 0 Å². The highest BCUT2D eigenvalue weighted by Crippen LogP contribution is 2.31. The summed E-state index contributed by atoms with van der Waals surface area (Å²) in [5.41, 5.74) is -5.65. The third-order valence-corrected chi connectivity index (χ3v) is 7.08. The second-order valence-electron chi connectivity index (χ2n) is 5.51. The van der Waals surface area contributed by atoms with E-state index in [2.05, 4.69) is 91.2 Å². The molecule has 0 radical (unpaired) electrons. The minimum absolute atomic E-state index is 0.0341. The molecule has 0 heterocycles. The van der Waals surface area contributed by atoms with Gasteiger partial charge in [-0.15, -0.1) is 11.8 Å². The van der Waals surface area contributed by atoms with E-state index >= 15 is 0 Å². The summed E-state index contributed by atoms with van der Waals surface area (Å²) in [7, 11) is -6.12. The van der Waals surface area contributed by atoms with E-state index in [1.54, 1.807) is 11.8 Å². The summed E-state index contributed by atoms with van der Waals surface area (Å²) in [6.45, 7) is 0. The van der Waals surface area contributed by atoms with E-state index in [-0.39, 0.29) is 10.9 Å². The predicted molar refractivity (Wildman–Crippen MR) is 109 cm³/mol. The highest BCUT2D eigenvalue weighted by atomic mass is 32.2. The van der Waals surface area contributed by atoms with Crippen LogP contribution in [0, 0.1) is 0 Å². The summed E-state index contributed by atoms with van der Waals surface area (Å²) in [6.07, 6.45) is 2.11. The zero-order chi connectivity index (χ0) is 21.5. The predicted octanol–water partition coefficient (Wildman–Crippen LogP) is 5.56. The molecule has 0 saturated carbocycles. The Kier molecular flexibility index (Phi) is 8.21. The summed E-state index contributed by atoms with van der Waals surface area (Å²) < 4.78 is 58.9.